The van der Waals surface area contributed by atoms with Gasteiger partial charge in [-0.25, -0.2) is 0 Å². The smallest absolute Gasteiger partial charge is 0.290 e. The summed E-state index contributed by atoms with van der Waals surface area (Å²) in [5, 5.41) is 10.8. The van der Waals surface area contributed by atoms with Gasteiger partial charge in [0, 0.05) is 18.7 Å². The van der Waals surface area contributed by atoms with Gasteiger partial charge in [-0.2, -0.15) is 0 Å². The summed E-state index contributed by atoms with van der Waals surface area (Å²) >= 11 is 0. The highest BCUT2D eigenvalue weighted by atomic mass is 16.5. The number of aliphatic hydroxyl groups is 1. The standard InChI is InChI=1S/C26H30N2O6/c1-32-21-10-6-9-19(25(21)33-2)23-22(20(29)12-11-18-8-7-17-34-18)24(30)26(31)28(23)16-15-27-13-4-3-5-14-27/h6-12,17,23,30H,3-5,13-16H2,1-2H3/b12-11+. The van der Waals surface area contributed by atoms with Crippen LogP contribution in [0.4, 0.5) is 0 Å². The first-order valence-corrected chi connectivity index (χ1v) is 11.5. The number of likely N-dealkylation sites (tertiary alicyclic amines) is 1. The summed E-state index contributed by atoms with van der Waals surface area (Å²) < 4.78 is 16.3. The van der Waals surface area contributed by atoms with Crippen LogP contribution in [0.2, 0.25) is 0 Å². The van der Waals surface area contributed by atoms with E-state index in [1.54, 1.807) is 35.2 Å². The molecular formula is C26H30N2O6. The number of para-hydroxylation sites is 1. The Morgan fingerprint density at radius 2 is 1.91 bits per heavy atom. The summed E-state index contributed by atoms with van der Waals surface area (Å²) in [6.45, 7) is 2.98. The summed E-state index contributed by atoms with van der Waals surface area (Å²) in [4.78, 5) is 30.3. The molecule has 1 N–H and O–H groups in total. The van der Waals surface area contributed by atoms with Crippen LogP contribution in [0.15, 0.2) is 58.4 Å². The van der Waals surface area contributed by atoms with Gasteiger partial charge in [-0.1, -0.05) is 18.6 Å². The summed E-state index contributed by atoms with van der Waals surface area (Å²) in [6, 6.07) is 7.93. The molecule has 0 spiro atoms. The first-order chi connectivity index (χ1) is 16.5. The first-order valence-electron chi connectivity index (χ1n) is 11.5. The molecule has 1 atom stereocenters. The minimum absolute atomic E-state index is 0.0120. The highest BCUT2D eigenvalue weighted by molar-refractivity contribution is 6.14. The van der Waals surface area contributed by atoms with Crippen LogP contribution in [0.3, 0.4) is 0 Å². The SMILES string of the molecule is COc1cccc(C2C(C(=O)/C=C/c3ccco3)=C(O)C(=O)N2CCN2CCCCC2)c1OC. The molecule has 0 radical (unpaired) electrons. The number of carbonyl (C=O) groups is 2. The fourth-order valence-corrected chi connectivity index (χ4v) is 4.65. The molecule has 180 valence electrons. The molecule has 2 aliphatic rings. The van der Waals surface area contributed by atoms with E-state index in [1.807, 2.05) is 0 Å². The van der Waals surface area contributed by atoms with Crippen LogP contribution in [0.5, 0.6) is 11.5 Å². The van der Waals surface area contributed by atoms with Gasteiger partial charge in [0.15, 0.2) is 23.0 Å². The van der Waals surface area contributed by atoms with Crippen LogP contribution in [-0.4, -0.2) is 67.0 Å². The Kier molecular flexibility index (Phi) is 7.37. The fourth-order valence-electron chi connectivity index (χ4n) is 4.65. The number of nitrogens with zero attached hydrogens (tertiary/aromatic N) is 2. The zero-order chi connectivity index (χ0) is 24.1. The third-order valence-electron chi connectivity index (χ3n) is 6.35. The second-order valence-corrected chi connectivity index (χ2v) is 8.36. The van der Waals surface area contributed by atoms with Crippen molar-refractivity contribution in [1.29, 1.82) is 0 Å². The predicted octanol–water partition coefficient (Wildman–Crippen LogP) is 3.76. The number of ether oxygens (including phenoxy) is 2. The highest BCUT2D eigenvalue weighted by Gasteiger charge is 2.44. The molecule has 2 aromatic rings. The van der Waals surface area contributed by atoms with Gasteiger partial charge in [-0.15, -0.1) is 0 Å². The van der Waals surface area contributed by atoms with Crippen molar-refractivity contribution >= 4 is 17.8 Å². The van der Waals surface area contributed by atoms with E-state index >= 15 is 0 Å². The van der Waals surface area contributed by atoms with Crippen LogP contribution in [-0.2, 0) is 9.59 Å². The van der Waals surface area contributed by atoms with E-state index in [1.165, 1.54) is 39.1 Å². The average molecular weight is 467 g/mol. The molecule has 2 aliphatic heterocycles. The molecule has 0 aliphatic carbocycles. The lowest BCUT2D eigenvalue weighted by Gasteiger charge is -2.32. The minimum Gasteiger partial charge on any atom is -0.503 e. The second kappa shape index (κ2) is 10.6. The summed E-state index contributed by atoms with van der Waals surface area (Å²) in [5.74, 6) is -0.189. The molecule has 4 rings (SSSR count). The molecule has 1 aromatic carbocycles. The van der Waals surface area contributed by atoms with E-state index in [4.69, 9.17) is 13.9 Å². The Hall–Kier alpha value is -3.52. The Morgan fingerprint density at radius 3 is 2.59 bits per heavy atom. The molecule has 1 aromatic heterocycles. The largest absolute Gasteiger partial charge is 0.503 e. The normalized spacial score (nSPS) is 19.3. The lowest BCUT2D eigenvalue weighted by molar-refractivity contribution is -0.129. The zero-order valence-corrected chi connectivity index (χ0v) is 19.5. The second-order valence-electron chi connectivity index (χ2n) is 8.36. The van der Waals surface area contributed by atoms with Crippen molar-refractivity contribution in [3.8, 4) is 11.5 Å². The predicted molar refractivity (Wildman–Crippen MR) is 127 cm³/mol. The number of ketones is 1. The third kappa shape index (κ3) is 4.72. The Balaban J connectivity index is 1.71. The molecule has 34 heavy (non-hydrogen) atoms. The monoisotopic (exact) mass is 466 g/mol. The van der Waals surface area contributed by atoms with Crippen LogP contribution >= 0.6 is 0 Å². The summed E-state index contributed by atoms with van der Waals surface area (Å²) in [6.07, 6.45) is 7.81. The average Bonchev–Trinajstić information content (AvgIpc) is 3.48. The van der Waals surface area contributed by atoms with Crippen LogP contribution in [0, 0.1) is 0 Å². The zero-order valence-electron chi connectivity index (χ0n) is 19.5. The van der Waals surface area contributed by atoms with Crippen LogP contribution in [0.25, 0.3) is 6.08 Å². The molecule has 8 heteroatoms. The van der Waals surface area contributed by atoms with E-state index in [-0.39, 0.29) is 5.57 Å². The molecule has 0 saturated carbocycles. The van der Waals surface area contributed by atoms with Crippen molar-refractivity contribution in [3.05, 3.63) is 65.3 Å². The number of piperidine rings is 1. The van der Waals surface area contributed by atoms with Gasteiger partial charge in [0.1, 0.15) is 5.76 Å². The van der Waals surface area contributed by atoms with Crippen molar-refractivity contribution in [1.82, 2.24) is 9.80 Å². The van der Waals surface area contributed by atoms with Crippen LogP contribution in [0.1, 0.15) is 36.6 Å². The summed E-state index contributed by atoms with van der Waals surface area (Å²) in [7, 11) is 3.04. The number of carbonyl (C=O) groups excluding carboxylic acids is 2. The number of amides is 1. The van der Waals surface area contributed by atoms with Gasteiger partial charge in [-0.3, -0.25) is 9.59 Å². The fraction of sp³-hybridized carbons (Fsp3) is 0.385. The van der Waals surface area contributed by atoms with Crippen molar-refractivity contribution in [3.63, 3.8) is 0 Å². The number of methoxy groups -OCH3 is 2. The van der Waals surface area contributed by atoms with Crippen molar-refractivity contribution in [2.24, 2.45) is 0 Å². The van der Waals surface area contributed by atoms with Gasteiger partial charge in [0.25, 0.3) is 5.91 Å². The lowest BCUT2D eigenvalue weighted by atomic mass is 9.94. The Labute approximate surface area is 199 Å². The number of furan rings is 1. The van der Waals surface area contributed by atoms with Crippen LogP contribution < -0.4 is 9.47 Å². The number of aliphatic hydroxyl groups excluding tert-OH is 1. The van der Waals surface area contributed by atoms with E-state index in [2.05, 4.69) is 4.90 Å². The molecule has 3 heterocycles. The van der Waals surface area contributed by atoms with Gasteiger partial charge in [0.05, 0.1) is 32.1 Å². The Bertz CT molecular complexity index is 1080. The quantitative estimate of drug-likeness (QED) is 0.563. The molecular weight excluding hydrogens is 436 g/mol. The van der Waals surface area contributed by atoms with Crippen molar-refractivity contribution in [2.75, 3.05) is 40.4 Å². The minimum atomic E-state index is -0.809. The van der Waals surface area contributed by atoms with Gasteiger partial charge in [-0.05, 0) is 56.3 Å². The molecule has 8 nitrogen and oxygen atoms in total. The van der Waals surface area contributed by atoms with Gasteiger partial charge in [0.2, 0.25) is 0 Å². The van der Waals surface area contributed by atoms with Crippen molar-refractivity contribution in [2.45, 2.75) is 25.3 Å². The number of rotatable bonds is 9. The van der Waals surface area contributed by atoms with Crippen molar-refractivity contribution < 1.29 is 28.6 Å². The molecule has 1 saturated heterocycles. The van der Waals surface area contributed by atoms with E-state index in [0.717, 1.165) is 25.9 Å². The maximum Gasteiger partial charge on any atom is 0.290 e. The molecule has 1 amide bonds. The van der Waals surface area contributed by atoms with E-state index in [9.17, 15) is 14.7 Å². The number of benzene rings is 1. The van der Waals surface area contributed by atoms with E-state index < -0.39 is 23.5 Å². The van der Waals surface area contributed by atoms with Gasteiger partial charge < -0.3 is 28.8 Å². The number of hydrogen-bond acceptors (Lipinski definition) is 7. The molecule has 0 bridgehead atoms. The Morgan fingerprint density at radius 1 is 1.12 bits per heavy atom. The number of allylic oxidation sites excluding steroid dienone is 1. The maximum absolute atomic E-state index is 13.3. The summed E-state index contributed by atoms with van der Waals surface area (Å²) in [5.41, 5.74) is 0.589. The topological polar surface area (TPSA) is 92.5 Å². The van der Waals surface area contributed by atoms with E-state index in [0.29, 0.717) is 35.9 Å². The number of hydrogen-bond donors (Lipinski definition) is 1. The molecule has 1 fully saturated rings. The highest BCUT2D eigenvalue weighted by Crippen LogP contribution is 2.44. The first kappa shape index (κ1) is 23.6. The maximum atomic E-state index is 13.3. The molecule has 1 unspecified atom stereocenters. The van der Waals surface area contributed by atoms with Gasteiger partial charge >= 0.3 is 0 Å². The lowest BCUT2D eigenvalue weighted by Crippen LogP contribution is -2.40. The third-order valence-corrected chi connectivity index (χ3v) is 6.35.